The standard InChI is InChI=1S/C20H32N3O2/c1-3-4-5-19-18-8-7-16(12-17(18)10-11-23(19)25)14-22-13-15(2)6-9-20(21)24/h7-8,12,15,19,22H,3-6,9-11,13-14H2,1-2H3,(H2,21,24)/q-1. The Bertz CT molecular complexity index is 562. The second kappa shape index (κ2) is 9.90. The Hall–Kier alpha value is -1.43. The number of amides is 1. The van der Waals surface area contributed by atoms with Gasteiger partial charge >= 0.3 is 0 Å². The zero-order valence-electron chi connectivity index (χ0n) is 15.6. The third-order valence-corrected chi connectivity index (χ3v) is 5.05. The minimum absolute atomic E-state index is 0.0273. The predicted molar refractivity (Wildman–Crippen MR) is 102 cm³/mol. The highest BCUT2D eigenvalue weighted by Gasteiger charge is 2.21. The van der Waals surface area contributed by atoms with Gasteiger partial charge < -0.3 is 21.3 Å². The first-order valence-corrected chi connectivity index (χ1v) is 9.55. The number of fused-ring (bicyclic) bond motifs is 1. The minimum atomic E-state index is -0.230. The summed E-state index contributed by atoms with van der Waals surface area (Å²) in [6, 6.07) is 6.56. The Morgan fingerprint density at radius 3 is 3.00 bits per heavy atom. The van der Waals surface area contributed by atoms with E-state index in [1.807, 2.05) is 0 Å². The maximum atomic E-state index is 12.2. The summed E-state index contributed by atoms with van der Waals surface area (Å²) in [5.74, 6) is 0.198. The average Bonchev–Trinajstić information content (AvgIpc) is 2.59. The number of carbonyl (C=O) groups is 1. The molecule has 0 fully saturated rings. The van der Waals surface area contributed by atoms with E-state index in [2.05, 4.69) is 37.4 Å². The van der Waals surface area contributed by atoms with Gasteiger partial charge in [-0.15, -0.1) is 0 Å². The van der Waals surface area contributed by atoms with Gasteiger partial charge in [-0.25, -0.2) is 0 Å². The highest BCUT2D eigenvalue weighted by Crippen LogP contribution is 2.33. The first-order valence-electron chi connectivity index (χ1n) is 9.55. The Kier molecular flexibility index (Phi) is 7.88. The number of hydrogen-bond acceptors (Lipinski definition) is 4. The lowest BCUT2D eigenvalue weighted by molar-refractivity contribution is -0.118. The molecular weight excluding hydrogens is 314 g/mol. The van der Waals surface area contributed by atoms with Crippen LogP contribution in [0.3, 0.4) is 0 Å². The normalized spacial score (nSPS) is 18.8. The number of nitrogens with zero attached hydrogens (tertiary/aromatic N) is 1. The lowest BCUT2D eigenvalue weighted by Gasteiger charge is -2.42. The molecule has 5 nitrogen and oxygen atoms in total. The van der Waals surface area contributed by atoms with Crippen LogP contribution in [0.25, 0.3) is 0 Å². The van der Waals surface area contributed by atoms with Crippen molar-refractivity contribution in [3.63, 3.8) is 0 Å². The van der Waals surface area contributed by atoms with E-state index in [1.54, 1.807) is 0 Å². The number of benzene rings is 1. The van der Waals surface area contributed by atoms with Crippen molar-refractivity contribution in [3.05, 3.63) is 40.1 Å². The van der Waals surface area contributed by atoms with E-state index in [1.165, 1.54) is 21.8 Å². The minimum Gasteiger partial charge on any atom is -0.785 e. The van der Waals surface area contributed by atoms with Crippen molar-refractivity contribution in [2.24, 2.45) is 11.7 Å². The SMILES string of the molecule is CCCCC1c2ccc(CNCC(C)CCC(N)=O)cc2CCN1[O-]. The van der Waals surface area contributed by atoms with E-state index < -0.39 is 0 Å². The smallest absolute Gasteiger partial charge is 0.217 e. The van der Waals surface area contributed by atoms with Crippen molar-refractivity contribution in [3.8, 4) is 0 Å². The van der Waals surface area contributed by atoms with Crippen LogP contribution in [-0.4, -0.2) is 24.1 Å². The molecule has 0 saturated heterocycles. The fraction of sp³-hybridized carbons (Fsp3) is 0.650. The van der Waals surface area contributed by atoms with Gasteiger partial charge in [0.2, 0.25) is 5.91 Å². The van der Waals surface area contributed by atoms with Gasteiger partial charge in [-0.2, -0.15) is 0 Å². The van der Waals surface area contributed by atoms with Gasteiger partial charge in [0, 0.05) is 19.0 Å². The molecule has 0 bridgehead atoms. The van der Waals surface area contributed by atoms with Crippen LogP contribution in [0.4, 0.5) is 0 Å². The lowest BCUT2D eigenvalue weighted by Crippen LogP contribution is -2.31. The van der Waals surface area contributed by atoms with Crippen LogP contribution in [-0.2, 0) is 17.8 Å². The van der Waals surface area contributed by atoms with Gasteiger partial charge in [0.25, 0.3) is 0 Å². The number of nitrogens with two attached hydrogens (primary N) is 1. The van der Waals surface area contributed by atoms with Crippen LogP contribution in [0, 0.1) is 11.1 Å². The van der Waals surface area contributed by atoms with Crippen molar-refractivity contribution >= 4 is 5.91 Å². The lowest BCUT2D eigenvalue weighted by atomic mass is 9.89. The van der Waals surface area contributed by atoms with E-state index in [-0.39, 0.29) is 11.9 Å². The summed E-state index contributed by atoms with van der Waals surface area (Å²) >= 11 is 0. The topological polar surface area (TPSA) is 81.4 Å². The summed E-state index contributed by atoms with van der Waals surface area (Å²) in [5.41, 5.74) is 8.99. The predicted octanol–water partition coefficient (Wildman–Crippen LogP) is 3.27. The molecule has 5 heteroatoms. The molecule has 1 heterocycles. The molecule has 2 unspecified atom stereocenters. The Labute approximate surface area is 151 Å². The summed E-state index contributed by atoms with van der Waals surface area (Å²) < 4.78 is 0. The first-order chi connectivity index (χ1) is 12.0. The number of carbonyl (C=O) groups excluding carboxylic acids is 1. The Morgan fingerprint density at radius 1 is 1.48 bits per heavy atom. The van der Waals surface area contributed by atoms with Crippen LogP contribution in [0.15, 0.2) is 18.2 Å². The van der Waals surface area contributed by atoms with Crippen molar-refractivity contribution in [1.29, 1.82) is 0 Å². The third kappa shape index (κ3) is 6.10. The Morgan fingerprint density at radius 2 is 2.28 bits per heavy atom. The molecule has 0 aliphatic carbocycles. The molecule has 140 valence electrons. The number of hydroxylamine groups is 2. The molecule has 0 radical (unpaired) electrons. The van der Waals surface area contributed by atoms with E-state index in [0.717, 1.165) is 45.2 Å². The number of primary amides is 1. The third-order valence-electron chi connectivity index (χ3n) is 5.05. The molecule has 0 saturated carbocycles. The molecule has 25 heavy (non-hydrogen) atoms. The van der Waals surface area contributed by atoms with Crippen molar-refractivity contribution in [2.75, 3.05) is 13.1 Å². The molecule has 1 aromatic carbocycles. The molecule has 1 amide bonds. The van der Waals surface area contributed by atoms with E-state index in [0.29, 0.717) is 18.9 Å². The molecule has 1 aliphatic heterocycles. The van der Waals surface area contributed by atoms with E-state index in [4.69, 9.17) is 5.73 Å². The molecule has 0 spiro atoms. The average molecular weight is 346 g/mol. The summed E-state index contributed by atoms with van der Waals surface area (Å²) in [6.07, 6.45) is 5.27. The van der Waals surface area contributed by atoms with Crippen LogP contribution in [0.1, 0.15) is 68.7 Å². The summed E-state index contributed by atoms with van der Waals surface area (Å²) in [4.78, 5) is 10.8. The molecule has 0 aromatic heterocycles. The maximum absolute atomic E-state index is 12.2. The number of nitrogens with one attached hydrogen (secondary N) is 1. The number of hydrogen-bond donors (Lipinski definition) is 2. The zero-order valence-corrected chi connectivity index (χ0v) is 15.6. The fourth-order valence-corrected chi connectivity index (χ4v) is 3.50. The van der Waals surface area contributed by atoms with Gasteiger partial charge in [0.05, 0.1) is 0 Å². The zero-order chi connectivity index (χ0) is 18.2. The second-order valence-electron chi connectivity index (χ2n) is 7.32. The molecule has 1 aliphatic rings. The summed E-state index contributed by atoms with van der Waals surface area (Å²) in [6.45, 7) is 6.58. The quantitative estimate of drug-likeness (QED) is 0.681. The highest BCUT2D eigenvalue weighted by molar-refractivity contribution is 5.73. The van der Waals surface area contributed by atoms with E-state index in [9.17, 15) is 10.0 Å². The summed E-state index contributed by atoms with van der Waals surface area (Å²) in [5, 5.41) is 16.9. The van der Waals surface area contributed by atoms with Crippen molar-refractivity contribution in [1.82, 2.24) is 10.4 Å². The molecular formula is C20H32N3O2-. The fourth-order valence-electron chi connectivity index (χ4n) is 3.50. The molecule has 3 N–H and O–H groups in total. The van der Waals surface area contributed by atoms with Crippen LogP contribution >= 0.6 is 0 Å². The maximum Gasteiger partial charge on any atom is 0.217 e. The summed E-state index contributed by atoms with van der Waals surface area (Å²) in [7, 11) is 0. The highest BCUT2D eigenvalue weighted by atomic mass is 16.5. The van der Waals surface area contributed by atoms with Gasteiger partial charge in [0.1, 0.15) is 0 Å². The molecule has 1 aromatic rings. The number of unbranched alkanes of at least 4 members (excludes halogenated alkanes) is 1. The van der Waals surface area contributed by atoms with Gasteiger partial charge in [-0.3, -0.25) is 4.79 Å². The van der Waals surface area contributed by atoms with Gasteiger partial charge in [0.15, 0.2) is 0 Å². The Balaban J connectivity index is 1.89. The van der Waals surface area contributed by atoms with E-state index >= 15 is 0 Å². The monoisotopic (exact) mass is 346 g/mol. The number of rotatable bonds is 10. The van der Waals surface area contributed by atoms with Gasteiger partial charge in [-0.05, 0) is 55.0 Å². The van der Waals surface area contributed by atoms with Crippen LogP contribution < -0.4 is 11.1 Å². The second-order valence-corrected chi connectivity index (χ2v) is 7.32. The van der Waals surface area contributed by atoms with Crippen LogP contribution in [0.2, 0.25) is 0 Å². The largest absolute Gasteiger partial charge is 0.785 e. The van der Waals surface area contributed by atoms with Crippen molar-refractivity contribution in [2.45, 2.75) is 65.0 Å². The van der Waals surface area contributed by atoms with Gasteiger partial charge in [-0.1, -0.05) is 44.9 Å². The molecule has 2 atom stereocenters. The van der Waals surface area contributed by atoms with Crippen LogP contribution in [0.5, 0.6) is 0 Å². The molecule has 2 rings (SSSR count). The van der Waals surface area contributed by atoms with Crippen molar-refractivity contribution < 1.29 is 4.79 Å². The first kappa shape index (κ1) is 19.9.